The van der Waals surface area contributed by atoms with E-state index in [1.165, 1.54) is 12.1 Å². The zero-order valence-electron chi connectivity index (χ0n) is 12.6. The highest BCUT2D eigenvalue weighted by molar-refractivity contribution is 6.37. The predicted molar refractivity (Wildman–Crippen MR) is 92.8 cm³/mol. The Morgan fingerprint density at radius 2 is 1.68 bits per heavy atom. The fourth-order valence-corrected chi connectivity index (χ4v) is 2.65. The van der Waals surface area contributed by atoms with Crippen LogP contribution in [-0.2, 0) is 6.54 Å². The molecule has 0 aliphatic heterocycles. The number of anilines is 1. The van der Waals surface area contributed by atoms with Crippen LogP contribution in [0.1, 0.15) is 5.56 Å². The van der Waals surface area contributed by atoms with E-state index in [0.717, 1.165) is 18.2 Å². The highest BCUT2D eigenvalue weighted by Gasteiger charge is 2.10. The van der Waals surface area contributed by atoms with E-state index in [4.69, 9.17) is 23.2 Å². The number of hydrogen-bond donors (Lipinski definition) is 2. The van der Waals surface area contributed by atoms with Crippen LogP contribution in [0.5, 0.6) is 5.75 Å². The number of aromatic hydroxyl groups is 1. The highest BCUT2D eigenvalue weighted by Crippen LogP contribution is 2.35. The Morgan fingerprint density at radius 3 is 2.32 bits per heavy atom. The van der Waals surface area contributed by atoms with E-state index in [1.54, 1.807) is 12.1 Å². The molecule has 0 unspecified atom stereocenters. The molecule has 2 aromatic carbocycles. The average molecular weight is 382 g/mol. The molecule has 0 saturated heterocycles. The molecule has 3 aromatic rings. The SMILES string of the molecule is Oc1c(Cl)cc(-c2ccc(NCc3cc(F)ccc3F)nn2)cc1Cl. The van der Waals surface area contributed by atoms with Gasteiger partial charge in [-0.15, -0.1) is 10.2 Å². The maximum absolute atomic E-state index is 13.6. The average Bonchev–Trinajstić information content (AvgIpc) is 2.60. The summed E-state index contributed by atoms with van der Waals surface area (Å²) in [4.78, 5) is 0. The molecular formula is C17H11Cl2F2N3O. The van der Waals surface area contributed by atoms with Crippen molar-refractivity contribution in [1.82, 2.24) is 10.2 Å². The van der Waals surface area contributed by atoms with Crippen molar-refractivity contribution >= 4 is 29.0 Å². The van der Waals surface area contributed by atoms with E-state index in [1.807, 2.05) is 0 Å². The molecule has 0 amide bonds. The van der Waals surface area contributed by atoms with Crippen molar-refractivity contribution in [2.24, 2.45) is 0 Å². The topological polar surface area (TPSA) is 58.0 Å². The van der Waals surface area contributed by atoms with Gasteiger partial charge in [0.1, 0.15) is 17.5 Å². The van der Waals surface area contributed by atoms with Gasteiger partial charge in [-0.05, 0) is 42.5 Å². The maximum atomic E-state index is 13.6. The zero-order chi connectivity index (χ0) is 18.0. The second-order valence-electron chi connectivity index (χ2n) is 5.18. The molecule has 0 aliphatic carbocycles. The first-order valence-electron chi connectivity index (χ1n) is 7.14. The summed E-state index contributed by atoms with van der Waals surface area (Å²) in [6.45, 7) is 0.0640. The van der Waals surface area contributed by atoms with Crippen LogP contribution in [0, 0.1) is 11.6 Å². The van der Waals surface area contributed by atoms with Gasteiger partial charge in [0.05, 0.1) is 15.7 Å². The Morgan fingerprint density at radius 1 is 0.960 bits per heavy atom. The fourth-order valence-electron chi connectivity index (χ4n) is 2.16. The van der Waals surface area contributed by atoms with Gasteiger partial charge in [0, 0.05) is 17.7 Å². The van der Waals surface area contributed by atoms with Crippen molar-refractivity contribution in [3.63, 3.8) is 0 Å². The predicted octanol–water partition coefficient (Wildman–Crippen LogP) is 5.05. The quantitative estimate of drug-likeness (QED) is 0.663. The van der Waals surface area contributed by atoms with Gasteiger partial charge in [-0.3, -0.25) is 0 Å². The molecule has 25 heavy (non-hydrogen) atoms. The van der Waals surface area contributed by atoms with E-state index in [0.29, 0.717) is 17.1 Å². The number of phenols is 1. The summed E-state index contributed by atoms with van der Waals surface area (Å²) in [7, 11) is 0. The molecule has 128 valence electrons. The number of rotatable bonds is 4. The lowest BCUT2D eigenvalue weighted by Gasteiger charge is -2.08. The van der Waals surface area contributed by atoms with Crippen molar-refractivity contribution in [2.45, 2.75) is 6.54 Å². The minimum atomic E-state index is -0.513. The molecule has 8 heteroatoms. The van der Waals surface area contributed by atoms with Crippen LogP contribution in [0.3, 0.4) is 0 Å². The van der Waals surface area contributed by atoms with Crippen molar-refractivity contribution in [1.29, 1.82) is 0 Å². The van der Waals surface area contributed by atoms with Crippen LogP contribution < -0.4 is 5.32 Å². The normalized spacial score (nSPS) is 10.7. The second kappa shape index (κ2) is 7.21. The maximum Gasteiger partial charge on any atom is 0.152 e. The summed E-state index contributed by atoms with van der Waals surface area (Å²) in [5.74, 6) is -0.827. The summed E-state index contributed by atoms with van der Waals surface area (Å²) in [6, 6.07) is 9.57. The van der Waals surface area contributed by atoms with Gasteiger partial charge in [-0.2, -0.15) is 0 Å². The lowest BCUT2D eigenvalue weighted by molar-refractivity contribution is 0.476. The molecule has 2 N–H and O–H groups in total. The molecule has 0 fully saturated rings. The minimum Gasteiger partial charge on any atom is -0.505 e. The third-order valence-electron chi connectivity index (χ3n) is 3.44. The van der Waals surface area contributed by atoms with Crippen LogP contribution in [0.2, 0.25) is 10.0 Å². The van der Waals surface area contributed by atoms with E-state index in [-0.39, 0.29) is 27.9 Å². The highest BCUT2D eigenvalue weighted by atomic mass is 35.5. The van der Waals surface area contributed by atoms with Gasteiger partial charge in [0.2, 0.25) is 0 Å². The van der Waals surface area contributed by atoms with Crippen LogP contribution >= 0.6 is 23.2 Å². The Balaban J connectivity index is 1.75. The van der Waals surface area contributed by atoms with Gasteiger partial charge in [-0.1, -0.05) is 23.2 Å². The fraction of sp³-hybridized carbons (Fsp3) is 0.0588. The third-order valence-corrected chi connectivity index (χ3v) is 4.02. The van der Waals surface area contributed by atoms with E-state index < -0.39 is 11.6 Å². The Kier molecular flexibility index (Phi) is 5.01. The smallest absolute Gasteiger partial charge is 0.152 e. The lowest BCUT2D eigenvalue weighted by Crippen LogP contribution is -2.04. The van der Waals surface area contributed by atoms with Crippen LogP contribution in [0.15, 0.2) is 42.5 Å². The molecular weight excluding hydrogens is 371 g/mol. The Hall–Kier alpha value is -2.44. The monoisotopic (exact) mass is 381 g/mol. The lowest BCUT2D eigenvalue weighted by atomic mass is 10.1. The largest absolute Gasteiger partial charge is 0.505 e. The number of aromatic nitrogens is 2. The van der Waals surface area contributed by atoms with Gasteiger partial charge < -0.3 is 10.4 Å². The van der Waals surface area contributed by atoms with Crippen LogP contribution in [0.4, 0.5) is 14.6 Å². The Bertz CT molecular complexity index is 897. The van der Waals surface area contributed by atoms with E-state index in [2.05, 4.69) is 15.5 Å². The Labute approximate surface area is 152 Å². The molecule has 0 spiro atoms. The molecule has 0 aliphatic rings. The number of phenolic OH excluding ortho intramolecular Hbond substituents is 1. The first kappa shape index (κ1) is 17.4. The second-order valence-corrected chi connectivity index (χ2v) is 6.00. The summed E-state index contributed by atoms with van der Waals surface area (Å²) < 4.78 is 26.7. The molecule has 1 aromatic heterocycles. The van der Waals surface area contributed by atoms with Crippen molar-refractivity contribution < 1.29 is 13.9 Å². The standard InChI is InChI=1S/C17H11Cl2F2N3O/c18-12-6-9(7-13(19)17(12)25)15-3-4-16(24-23-15)22-8-10-5-11(20)1-2-14(10)21/h1-7,25H,8H2,(H,22,24). The van der Waals surface area contributed by atoms with Crippen molar-refractivity contribution in [2.75, 3.05) is 5.32 Å². The summed E-state index contributed by atoms with van der Waals surface area (Å²) in [6.07, 6.45) is 0. The number of hydrogen-bond acceptors (Lipinski definition) is 4. The van der Waals surface area contributed by atoms with E-state index in [9.17, 15) is 13.9 Å². The van der Waals surface area contributed by atoms with Gasteiger partial charge in [-0.25, -0.2) is 8.78 Å². The molecule has 3 rings (SSSR count). The first-order chi connectivity index (χ1) is 11.9. The molecule has 4 nitrogen and oxygen atoms in total. The van der Waals surface area contributed by atoms with Gasteiger partial charge in [0.25, 0.3) is 0 Å². The number of benzene rings is 2. The number of nitrogens with one attached hydrogen (secondary N) is 1. The third kappa shape index (κ3) is 3.97. The molecule has 1 heterocycles. The molecule has 0 bridgehead atoms. The minimum absolute atomic E-state index is 0.0640. The van der Waals surface area contributed by atoms with Crippen LogP contribution in [0.25, 0.3) is 11.3 Å². The van der Waals surface area contributed by atoms with Gasteiger partial charge >= 0.3 is 0 Å². The van der Waals surface area contributed by atoms with Gasteiger partial charge in [0.15, 0.2) is 5.75 Å². The van der Waals surface area contributed by atoms with E-state index >= 15 is 0 Å². The van der Waals surface area contributed by atoms with Crippen molar-refractivity contribution in [3.05, 3.63) is 69.7 Å². The molecule has 0 atom stereocenters. The molecule has 0 radical (unpaired) electrons. The zero-order valence-corrected chi connectivity index (χ0v) is 14.1. The van der Waals surface area contributed by atoms with Crippen LogP contribution in [-0.4, -0.2) is 15.3 Å². The van der Waals surface area contributed by atoms with Crippen molar-refractivity contribution in [3.8, 4) is 17.0 Å². The first-order valence-corrected chi connectivity index (χ1v) is 7.89. The number of nitrogens with zero attached hydrogens (tertiary/aromatic N) is 2. The number of halogens is 4. The summed E-state index contributed by atoms with van der Waals surface area (Å²) >= 11 is 11.8. The molecule has 0 saturated carbocycles. The summed E-state index contributed by atoms with van der Waals surface area (Å²) in [5.41, 5.74) is 1.26. The summed E-state index contributed by atoms with van der Waals surface area (Å²) in [5, 5.41) is 20.7.